The van der Waals surface area contributed by atoms with Gasteiger partial charge in [-0.05, 0) is 22.9 Å². The minimum atomic E-state index is -4.14. The zero-order valence-electron chi connectivity index (χ0n) is 8.03. The Balaban J connectivity index is 2.69. The fourth-order valence-corrected chi connectivity index (χ4v) is 2.88. The summed E-state index contributed by atoms with van der Waals surface area (Å²) in [5, 5.41) is 1.60. The molecule has 1 N–H and O–H groups in total. The summed E-state index contributed by atoms with van der Waals surface area (Å²) in [5.41, 5.74) is 0. The van der Waals surface area contributed by atoms with Crippen molar-refractivity contribution < 1.29 is 17.2 Å². The van der Waals surface area contributed by atoms with E-state index in [2.05, 4.69) is 0 Å². The van der Waals surface area contributed by atoms with Gasteiger partial charge in [0, 0.05) is 0 Å². The van der Waals surface area contributed by atoms with Gasteiger partial charge in [-0.25, -0.2) is 12.6 Å². The van der Waals surface area contributed by atoms with Gasteiger partial charge in [-0.3, -0.25) is 4.55 Å². The van der Waals surface area contributed by atoms with Crippen LogP contribution < -0.4 is 0 Å². The summed E-state index contributed by atoms with van der Waals surface area (Å²) in [6, 6.07) is 11.5. The number of hydrogen-bond donors (Lipinski definition) is 1. The summed E-state index contributed by atoms with van der Waals surface area (Å²) in [4.78, 5) is -0.146. The van der Waals surface area contributed by atoms with Crippen molar-refractivity contribution in [3.05, 3.63) is 42.5 Å². The predicted molar refractivity (Wildman–Crippen MR) is 61.9 cm³/mol. The molecular formula is C10H8O4S2. The molecule has 0 fully saturated rings. The van der Waals surface area contributed by atoms with Crippen LogP contribution in [0, 0.1) is 0 Å². The standard InChI is InChI=1S/C10H8O4S2/c11-15(12)16(13,14)10-6-5-8-3-1-2-4-9(8)7-10/h1-7H,(H,11,12). The van der Waals surface area contributed by atoms with Crippen molar-refractivity contribution in [3.8, 4) is 0 Å². The Bertz CT molecular complexity index is 661. The number of benzene rings is 2. The van der Waals surface area contributed by atoms with Gasteiger partial charge in [-0.2, -0.15) is 0 Å². The first kappa shape index (κ1) is 11.3. The summed E-state index contributed by atoms with van der Waals surface area (Å²) < 4.78 is 42.2. The lowest BCUT2D eigenvalue weighted by Crippen LogP contribution is -2.07. The number of rotatable bonds is 2. The first-order valence-corrected chi connectivity index (χ1v) is 7.48. The van der Waals surface area contributed by atoms with Crippen LogP contribution in [-0.2, 0) is 19.0 Å². The molecule has 0 aromatic heterocycles. The second-order valence-electron chi connectivity index (χ2n) is 3.18. The van der Waals surface area contributed by atoms with Gasteiger partial charge in [0.2, 0.25) is 0 Å². The van der Waals surface area contributed by atoms with E-state index < -0.39 is 19.0 Å². The van der Waals surface area contributed by atoms with Crippen LogP contribution in [0.5, 0.6) is 0 Å². The molecule has 84 valence electrons. The minimum absolute atomic E-state index is 0.146. The van der Waals surface area contributed by atoms with E-state index in [9.17, 15) is 12.6 Å². The highest BCUT2D eigenvalue weighted by atomic mass is 33.2. The number of hydrogen-bond acceptors (Lipinski definition) is 3. The van der Waals surface area contributed by atoms with Crippen molar-refractivity contribution in [2.24, 2.45) is 0 Å². The Morgan fingerprint density at radius 2 is 1.62 bits per heavy atom. The Labute approximate surface area is 94.5 Å². The van der Waals surface area contributed by atoms with Gasteiger partial charge in [-0.15, -0.1) is 0 Å². The SMILES string of the molecule is O=S(O)S(=O)(=O)c1ccc2ccccc2c1. The molecule has 0 saturated heterocycles. The van der Waals surface area contributed by atoms with Crippen molar-refractivity contribution in [3.63, 3.8) is 0 Å². The van der Waals surface area contributed by atoms with E-state index in [1.165, 1.54) is 12.1 Å². The molecule has 16 heavy (non-hydrogen) atoms. The first-order valence-electron chi connectivity index (χ1n) is 4.37. The molecule has 0 heterocycles. The maximum Gasteiger partial charge on any atom is 0.282 e. The molecule has 4 nitrogen and oxygen atoms in total. The zero-order valence-corrected chi connectivity index (χ0v) is 9.66. The molecule has 1 atom stereocenters. The second kappa shape index (κ2) is 3.97. The topological polar surface area (TPSA) is 71.4 Å². The summed E-state index contributed by atoms with van der Waals surface area (Å²) in [7, 11) is -7.04. The van der Waals surface area contributed by atoms with Crippen LogP contribution in [0.4, 0.5) is 0 Å². The van der Waals surface area contributed by atoms with E-state index in [1.54, 1.807) is 18.2 Å². The van der Waals surface area contributed by atoms with Gasteiger partial charge < -0.3 is 0 Å². The average molecular weight is 256 g/mol. The lowest BCUT2D eigenvalue weighted by molar-refractivity contribution is 0.562. The molecule has 6 heteroatoms. The van der Waals surface area contributed by atoms with Crippen molar-refractivity contribution >= 4 is 29.8 Å². The highest BCUT2D eigenvalue weighted by Crippen LogP contribution is 2.20. The molecule has 2 aromatic rings. The highest BCUT2D eigenvalue weighted by Gasteiger charge is 2.21. The fourth-order valence-electron chi connectivity index (χ4n) is 1.41. The quantitative estimate of drug-likeness (QED) is 0.656. The molecule has 0 radical (unpaired) electrons. The molecule has 0 aliphatic carbocycles. The van der Waals surface area contributed by atoms with Crippen molar-refractivity contribution in [1.82, 2.24) is 0 Å². The minimum Gasteiger partial charge on any atom is -0.294 e. The zero-order chi connectivity index (χ0) is 11.8. The second-order valence-corrected chi connectivity index (χ2v) is 7.17. The van der Waals surface area contributed by atoms with Crippen LogP contribution in [0.25, 0.3) is 10.8 Å². The molecule has 0 amide bonds. The average Bonchev–Trinajstić information content (AvgIpc) is 2.28. The monoisotopic (exact) mass is 256 g/mol. The van der Waals surface area contributed by atoms with Gasteiger partial charge in [0.15, 0.2) is 0 Å². The Morgan fingerprint density at radius 3 is 2.25 bits per heavy atom. The summed E-state index contributed by atoms with van der Waals surface area (Å²) in [6.07, 6.45) is 0. The van der Waals surface area contributed by atoms with Crippen molar-refractivity contribution in [1.29, 1.82) is 0 Å². The van der Waals surface area contributed by atoms with E-state index in [0.29, 0.717) is 5.39 Å². The van der Waals surface area contributed by atoms with Gasteiger partial charge in [-0.1, -0.05) is 30.3 Å². The van der Waals surface area contributed by atoms with Crippen LogP contribution in [0.15, 0.2) is 47.4 Å². The van der Waals surface area contributed by atoms with Crippen molar-refractivity contribution in [2.75, 3.05) is 0 Å². The van der Waals surface area contributed by atoms with Crippen LogP contribution >= 0.6 is 0 Å². The lowest BCUT2D eigenvalue weighted by Gasteiger charge is -2.01. The van der Waals surface area contributed by atoms with E-state index in [1.807, 2.05) is 12.1 Å². The van der Waals surface area contributed by atoms with E-state index in [0.717, 1.165) is 5.39 Å². The maximum absolute atomic E-state index is 11.4. The van der Waals surface area contributed by atoms with Gasteiger partial charge >= 0.3 is 0 Å². The first-order chi connectivity index (χ1) is 7.51. The predicted octanol–water partition coefficient (Wildman–Crippen LogP) is 1.75. The third kappa shape index (κ3) is 1.87. The van der Waals surface area contributed by atoms with Gasteiger partial charge in [0.25, 0.3) is 19.0 Å². The molecule has 0 saturated carbocycles. The van der Waals surface area contributed by atoms with E-state index in [4.69, 9.17) is 4.55 Å². The lowest BCUT2D eigenvalue weighted by atomic mass is 10.1. The maximum atomic E-state index is 11.4. The Morgan fingerprint density at radius 1 is 1.00 bits per heavy atom. The van der Waals surface area contributed by atoms with Crippen LogP contribution in [0.2, 0.25) is 0 Å². The third-order valence-electron chi connectivity index (χ3n) is 2.20. The van der Waals surface area contributed by atoms with Gasteiger partial charge in [0.1, 0.15) is 0 Å². The molecule has 1 unspecified atom stereocenters. The van der Waals surface area contributed by atoms with Crippen LogP contribution in [0.1, 0.15) is 0 Å². The summed E-state index contributed by atoms with van der Waals surface area (Å²) >= 11 is 0. The van der Waals surface area contributed by atoms with Crippen LogP contribution in [0.3, 0.4) is 0 Å². The molecular weight excluding hydrogens is 248 g/mol. The largest absolute Gasteiger partial charge is 0.294 e. The molecule has 2 aromatic carbocycles. The van der Waals surface area contributed by atoms with Crippen molar-refractivity contribution in [2.45, 2.75) is 4.90 Å². The van der Waals surface area contributed by atoms with Gasteiger partial charge in [0.05, 0.1) is 4.90 Å². The fraction of sp³-hybridized carbons (Fsp3) is 0. The number of fused-ring (bicyclic) bond motifs is 1. The Kier molecular flexibility index (Phi) is 2.79. The molecule has 0 aliphatic heterocycles. The van der Waals surface area contributed by atoms with E-state index in [-0.39, 0.29) is 4.90 Å². The smallest absolute Gasteiger partial charge is 0.282 e. The molecule has 0 aliphatic rings. The summed E-state index contributed by atoms with van der Waals surface area (Å²) in [6.45, 7) is 0. The molecule has 0 spiro atoms. The third-order valence-corrected chi connectivity index (χ3v) is 5.11. The van der Waals surface area contributed by atoms with E-state index >= 15 is 0 Å². The van der Waals surface area contributed by atoms with Crippen LogP contribution in [-0.4, -0.2) is 17.2 Å². The highest BCUT2D eigenvalue weighted by molar-refractivity contribution is 8.62. The Hall–Kier alpha value is -1.24. The normalized spacial score (nSPS) is 13.8. The molecule has 2 rings (SSSR count). The summed E-state index contributed by atoms with van der Waals surface area (Å²) in [5.74, 6) is 0. The molecule has 0 bridgehead atoms.